The van der Waals surface area contributed by atoms with Crippen molar-refractivity contribution in [1.29, 1.82) is 0 Å². The first kappa shape index (κ1) is 20.1. The summed E-state index contributed by atoms with van der Waals surface area (Å²) in [4.78, 5) is 25.6. The Balaban J connectivity index is 0.00000400. The second kappa shape index (κ2) is 11.8. The Morgan fingerprint density at radius 1 is 1.43 bits per heavy atom. The van der Waals surface area contributed by atoms with Gasteiger partial charge in [-0.05, 0) is 19.3 Å². The van der Waals surface area contributed by atoms with Crippen LogP contribution in [0.3, 0.4) is 0 Å². The van der Waals surface area contributed by atoms with Crippen molar-refractivity contribution in [3.8, 4) is 0 Å². The minimum Gasteiger partial charge on any atom is -0.372 e. The molecule has 7 heteroatoms. The molecular formula is C14H28ClN3O3. The number of ether oxygens (including phenoxy) is 1. The Bertz CT molecular complexity index is 316. The van der Waals surface area contributed by atoms with E-state index in [-0.39, 0.29) is 36.7 Å². The fourth-order valence-electron chi connectivity index (χ4n) is 2.25. The van der Waals surface area contributed by atoms with E-state index in [1.165, 1.54) is 0 Å². The molecule has 2 amide bonds. The van der Waals surface area contributed by atoms with Crippen molar-refractivity contribution in [2.75, 3.05) is 39.4 Å². The maximum Gasteiger partial charge on any atom is 0.248 e. The van der Waals surface area contributed by atoms with Crippen LogP contribution < -0.4 is 11.1 Å². The van der Waals surface area contributed by atoms with Gasteiger partial charge in [0.1, 0.15) is 6.61 Å². The maximum absolute atomic E-state index is 12.0. The van der Waals surface area contributed by atoms with Gasteiger partial charge in [0, 0.05) is 32.8 Å². The number of nitrogens with one attached hydrogen (secondary N) is 1. The monoisotopic (exact) mass is 321 g/mol. The molecule has 1 aliphatic heterocycles. The molecule has 0 bridgehead atoms. The third-order valence-electron chi connectivity index (χ3n) is 3.46. The Kier molecular flexibility index (Phi) is 11.3. The summed E-state index contributed by atoms with van der Waals surface area (Å²) >= 11 is 0. The Hall–Kier alpha value is -0.850. The van der Waals surface area contributed by atoms with Crippen LogP contribution in [0.5, 0.6) is 0 Å². The summed E-state index contributed by atoms with van der Waals surface area (Å²) in [6.07, 6.45) is 3.72. The van der Waals surface area contributed by atoms with Crippen LogP contribution >= 0.6 is 12.4 Å². The predicted molar refractivity (Wildman–Crippen MR) is 84.3 cm³/mol. The summed E-state index contributed by atoms with van der Waals surface area (Å²) in [7, 11) is 0. The quantitative estimate of drug-likeness (QED) is 0.639. The fourth-order valence-corrected chi connectivity index (χ4v) is 2.25. The molecule has 0 aromatic carbocycles. The number of piperidine rings is 1. The first-order chi connectivity index (χ1) is 9.69. The number of hydrogen-bond donors (Lipinski definition) is 2. The summed E-state index contributed by atoms with van der Waals surface area (Å²) in [5.74, 6) is -0.132. The molecule has 124 valence electrons. The zero-order valence-electron chi connectivity index (χ0n) is 12.8. The standard InChI is InChI=1S/C14H27N3O3.ClH/c1-2-3-9-20-11-13(18)17-8-4-5-12(10-17)14(19)16-7-6-15;/h12H,2-11,15H2,1H3,(H,16,19);1H. The van der Waals surface area contributed by atoms with Crippen LogP contribution in [0.15, 0.2) is 0 Å². The van der Waals surface area contributed by atoms with Crippen molar-refractivity contribution >= 4 is 24.2 Å². The third-order valence-corrected chi connectivity index (χ3v) is 3.46. The minimum atomic E-state index is -0.116. The van der Waals surface area contributed by atoms with Gasteiger partial charge >= 0.3 is 0 Å². The van der Waals surface area contributed by atoms with E-state index in [9.17, 15) is 9.59 Å². The van der Waals surface area contributed by atoms with Gasteiger partial charge in [-0.25, -0.2) is 0 Å². The number of amides is 2. The lowest BCUT2D eigenvalue weighted by atomic mass is 9.97. The SMILES string of the molecule is CCCCOCC(=O)N1CCCC(C(=O)NCCN)C1.Cl. The summed E-state index contributed by atoms with van der Waals surface area (Å²) in [6.45, 7) is 4.97. The number of nitrogens with two attached hydrogens (primary N) is 1. The summed E-state index contributed by atoms with van der Waals surface area (Å²) < 4.78 is 5.34. The van der Waals surface area contributed by atoms with Gasteiger partial charge in [0.05, 0.1) is 5.92 Å². The molecule has 3 N–H and O–H groups in total. The molecule has 1 saturated heterocycles. The molecule has 1 atom stereocenters. The predicted octanol–water partition coefficient (Wildman–Crippen LogP) is 0.538. The van der Waals surface area contributed by atoms with E-state index in [0.29, 0.717) is 26.2 Å². The first-order valence-electron chi connectivity index (χ1n) is 7.52. The van der Waals surface area contributed by atoms with Crippen LogP contribution in [0.4, 0.5) is 0 Å². The summed E-state index contributed by atoms with van der Waals surface area (Å²) in [5, 5.41) is 2.79. The average molecular weight is 322 g/mol. The maximum atomic E-state index is 12.0. The molecule has 0 aliphatic carbocycles. The fraction of sp³-hybridized carbons (Fsp3) is 0.857. The molecule has 1 rings (SSSR count). The lowest BCUT2D eigenvalue weighted by molar-refractivity contribution is -0.139. The second-order valence-corrected chi connectivity index (χ2v) is 5.16. The van der Waals surface area contributed by atoms with E-state index >= 15 is 0 Å². The van der Waals surface area contributed by atoms with Crippen molar-refractivity contribution in [1.82, 2.24) is 10.2 Å². The average Bonchev–Trinajstić information content (AvgIpc) is 2.49. The molecule has 21 heavy (non-hydrogen) atoms. The topological polar surface area (TPSA) is 84.7 Å². The van der Waals surface area contributed by atoms with Crippen molar-refractivity contribution < 1.29 is 14.3 Å². The third kappa shape index (κ3) is 7.64. The second-order valence-electron chi connectivity index (χ2n) is 5.16. The van der Waals surface area contributed by atoms with Gasteiger partial charge in [-0.1, -0.05) is 13.3 Å². The highest BCUT2D eigenvalue weighted by Gasteiger charge is 2.27. The summed E-state index contributed by atoms with van der Waals surface area (Å²) in [6, 6.07) is 0. The van der Waals surface area contributed by atoms with Crippen LogP contribution in [0.25, 0.3) is 0 Å². The summed E-state index contributed by atoms with van der Waals surface area (Å²) in [5.41, 5.74) is 5.37. The van der Waals surface area contributed by atoms with E-state index in [0.717, 1.165) is 32.2 Å². The zero-order chi connectivity index (χ0) is 14.8. The van der Waals surface area contributed by atoms with E-state index in [4.69, 9.17) is 10.5 Å². The van der Waals surface area contributed by atoms with Crippen molar-refractivity contribution in [3.05, 3.63) is 0 Å². The van der Waals surface area contributed by atoms with Gasteiger partial charge in [0.25, 0.3) is 0 Å². The van der Waals surface area contributed by atoms with E-state index in [1.54, 1.807) is 4.90 Å². The molecule has 1 fully saturated rings. The van der Waals surface area contributed by atoms with E-state index in [1.807, 2.05) is 0 Å². The molecular weight excluding hydrogens is 294 g/mol. The molecule has 1 aliphatic rings. The molecule has 1 unspecified atom stereocenters. The molecule has 0 saturated carbocycles. The number of nitrogens with zero attached hydrogens (tertiary/aromatic N) is 1. The lowest BCUT2D eigenvalue weighted by Crippen LogP contribution is -2.47. The number of rotatable bonds is 8. The van der Waals surface area contributed by atoms with Gasteiger partial charge in [-0.3, -0.25) is 9.59 Å². The zero-order valence-corrected chi connectivity index (χ0v) is 13.6. The molecule has 0 radical (unpaired) electrons. The number of halogens is 1. The van der Waals surface area contributed by atoms with Crippen LogP contribution in [-0.2, 0) is 14.3 Å². The number of unbranched alkanes of at least 4 members (excludes halogenated alkanes) is 1. The van der Waals surface area contributed by atoms with E-state index in [2.05, 4.69) is 12.2 Å². The Morgan fingerprint density at radius 2 is 2.19 bits per heavy atom. The number of likely N-dealkylation sites (tertiary alicyclic amines) is 1. The van der Waals surface area contributed by atoms with Gasteiger partial charge in [0.2, 0.25) is 11.8 Å². The van der Waals surface area contributed by atoms with Gasteiger partial charge in [-0.2, -0.15) is 0 Å². The van der Waals surface area contributed by atoms with Crippen molar-refractivity contribution in [3.63, 3.8) is 0 Å². The van der Waals surface area contributed by atoms with Crippen LogP contribution in [0.1, 0.15) is 32.6 Å². The lowest BCUT2D eigenvalue weighted by Gasteiger charge is -2.32. The van der Waals surface area contributed by atoms with Crippen LogP contribution in [0.2, 0.25) is 0 Å². The Morgan fingerprint density at radius 3 is 2.86 bits per heavy atom. The first-order valence-corrected chi connectivity index (χ1v) is 7.52. The molecule has 0 spiro atoms. The number of carbonyl (C=O) groups excluding carboxylic acids is 2. The highest BCUT2D eigenvalue weighted by atomic mass is 35.5. The smallest absolute Gasteiger partial charge is 0.248 e. The molecule has 1 heterocycles. The largest absolute Gasteiger partial charge is 0.372 e. The minimum absolute atomic E-state index is 0. The van der Waals surface area contributed by atoms with Crippen LogP contribution in [-0.4, -0.2) is 56.1 Å². The van der Waals surface area contributed by atoms with Gasteiger partial charge in [0.15, 0.2) is 0 Å². The van der Waals surface area contributed by atoms with Gasteiger partial charge < -0.3 is 20.7 Å². The number of carbonyl (C=O) groups is 2. The molecule has 0 aromatic rings. The molecule has 0 aromatic heterocycles. The highest BCUT2D eigenvalue weighted by molar-refractivity contribution is 5.85. The highest BCUT2D eigenvalue weighted by Crippen LogP contribution is 2.16. The van der Waals surface area contributed by atoms with Crippen LogP contribution in [0, 0.1) is 5.92 Å². The normalized spacial score (nSPS) is 18.0. The number of hydrogen-bond acceptors (Lipinski definition) is 4. The van der Waals surface area contributed by atoms with E-state index < -0.39 is 0 Å². The van der Waals surface area contributed by atoms with Crippen molar-refractivity contribution in [2.24, 2.45) is 11.7 Å². The Labute approximate surface area is 133 Å². The molecule has 6 nitrogen and oxygen atoms in total. The van der Waals surface area contributed by atoms with Crippen molar-refractivity contribution in [2.45, 2.75) is 32.6 Å². The van der Waals surface area contributed by atoms with Gasteiger partial charge in [-0.15, -0.1) is 12.4 Å².